The first-order valence-corrected chi connectivity index (χ1v) is 8.52. The van der Waals surface area contributed by atoms with Crippen LogP contribution in [-0.4, -0.2) is 44.2 Å². The summed E-state index contributed by atoms with van der Waals surface area (Å²) in [6.07, 6.45) is 1.74. The normalized spacial score (nSPS) is 18.8. The van der Waals surface area contributed by atoms with Crippen molar-refractivity contribution in [3.8, 4) is 11.3 Å². The number of aromatic nitrogens is 4. The molecule has 1 atom stereocenters. The van der Waals surface area contributed by atoms with Gasteiger partial charge in [0.1, 0.15) is 11.6 Å². The van der Waals surface area contributed by atoms with Crippen LogP contribution >= 0.6 is 11.5 Å². The Hall–Kier alpha value is -2.16. The first kappa shape index (κ1) is 15.4. The van der Waals surface area contributed by atoms with Gasteiger partial charge in [-0.1, -0.05) is 16.6 Å². The smallest absolute Gasteiger partial charge is 0.126 e. The third-order valence-electron chi connectivity index (χ3n) is 4.06. The molecule has 0 radical (unpaired) electrons. The summed E-state index contributed by atoms with van der Waals surface area (Å²) in [5.74, 6) is 0.555. The van der Waals surface area contributed by atoms with E-state index >= 15 is 0 Å². The number of imidazole rings is 1. The zero-order chi connectivity index (χ0) is 16.4. The maximum atomic E-state index is 13.4. The van der Waals surface area contributed by atoms with Crippen LogP contribution in [0.2, 0.25) is 0 Å². The Morgan fingerprint density at radius 1 is 1.42 bits per heavy atom. The highest BCUT2D eigenvalue weighted by atomic mass is 32.1. The number of nitrogens with one attached hydrogen (secondary N) is 1. The molecule has 24 heavy (non-hydrogen) atoms. The predicted molar refractivity (Wildman–Crippen MR) is 87.9 cm³/mol. The standard InChI is InChI=1S/C16H16FN5OS/c17-12-3-1-2-11(6-12)14-7-18-16(19-14)15-9-23-5-4-22(15)8-13-10-24-21-20-13/h1-3,6-7,10,15H,4-5,8-9H2,(H,18,19)/t15-/m0/s1. The van der Waals surface area contributed by atoms with Crippen molar-refractivity contribution >= 4 is 11.5 Å². The number of aromatic amines is 1. The molecule has 2 aromatic heterocycles. The highest BCUT2D eigenvalue weighted by molar-refractivity contribution is 7.03. The molecule has 124 valence electrons. The van der Waals surface area contributed by atoms with Gasteiger partial charge in [-0.3, -0.25) is 4.90 Å². The lowest BCUT2D eigenvalue weighted by Gasteiger charge is -2.33. The molecule has 3 heterocycles. The summed E-state index contributed by atoms with van der Waals surface area (Å²) in [4.78, 5) is 10.1. The number of morpholine rings is 1. The molecule has 0 bridgehead atoms. The summed E-state index contributed by atoms with van der Waals surface area (Å²) in [5, 5.41) is 6.07. The van der Waals surface area contributed by atoms with E-state index in [1.54, 1.807) is 12.3 Å². The number of halogens is 1. The van der Waals surface area contributed by atoms with Crippen LogP contribution in [0.1, 0.15) is 17.6 Å². The molecule has 1 N–H and O–H groups in total. The zero-order valence-electron chi connectivity index (χ0n) is 12.9. The van der Waals surface area contributed by atoms with Crippen LogP contribution in [-0.2, 0) is 11.3 Å². The number of rotatable bonds is 4. The largest absolute Gasteiger partial charge is 0.378 e. The van der Waals surface area contributed by atoms with Gasteiger partial charge in [0.05, 0.1) is 36.8 Å². The van der Waals surface area contributed by atoms with Crippen LogP contribution in [0.25, 0.3) is 11.3 Å². The number of benzene rings is 1. The van der Waals surface area contributed by atoms with Crippen molar-refractivity contribution in [2.24, 2.45) is 0 Å². The van der Waals surface area contributed by atoms with E-state index in [-0.39, 0.29) is 11.9 Å². The quantitative estimate of drug-likeness (QED) is 0.787. The Morgan fingerprint density at radius 2 is 2.38 bits per heavy atom. The topological polar surface area (TPSA) is 66.9 Å². The van der Waals surface area contributed by atoms with E-state index < -0.39 is 0 Å². The highest BCUT2D eigenvalue weighted by Gasteiger charge is 2.27. The molecule has 0 unspecified atom stereocenters. The van der Waals surface area contributed by atoms with Gasteiger partial charge in [-0.25, -0.2) is 9.37 Å². The second-order valence-electron chi connectivity index (χ2n) is 5.65. The highest BCUT2D eigenvalue weighted by Crippen LogP contribution is 2.26. The van der Waals surface area contributed by atoms with Gasteiger partial charge < -0.3 is 9.72 Å². The van der Waals surface area contributed by atoms with Crippen LogP contribution in [0.15, 0.2) is 35.8 Å². The van der Waals surface area contributed by atoms with Gasteiger partial charge in [0.25, 0.3) is 0 Å². The summed E-state index contributed by atoms with van der Waals surface area (Å²) in [7, 11) is 0. The molecule has 1 saturated heterocycles. The van der Waals surface area contributed by atoms with Crippen molar-refractivity contribution in [3.05, 3.63) is 53.2 Å². The fraction of sp³-hybridized carbons (Fsp3) is 0.312. The maximum absolute atomic E-state index is 13.4. The van der Waals surface area contributed by atoms with Crippen molar-refractivity contribution in [3.63, 3.8) is 0 Å². The van der Waals surface area contributed by atoms with E-state index in [4.69, 9.17) is 4.74 Å². The van der Waals surface area contributed by atoms with E-state index in [0.717, 1.165) is 29.3 Å². The van der Waals surface area contributed by atoms with E-state index in [1.807, 2.05) is 11.4 Å². The average Bonchev–Trinajstić information content (AvgIpc) is 3.27. The molecule has 6 nitrogen and oxygen atoms in total. The Bertz CT molecular complexity index is 806. The van der Waals surface area contributed by atoms with Crippen LogP contribution < -0.4 is 0 Å². The van der Waals surface area contributed by atoms with Gasteiger partial charge in [-0.15, -0.1) is 5.10 Å². The number of H-pyrrole nitrogens is 1. The lowest BCUT2D eigenvalue weighted by atomic mass is 10.1. The lowest BCUT2D eigenvalue weighted by molar-refractivity contribution is -0.0161. The second kappa shape index (κ2) is 6.76. The van der Waals surface area contributed by atoms with Crippen LogP contribution in [0.3, 0.4) is 0 Å². The van der Waals surface area contributed by atoms with Crippen molar-refractivity contribution in [1.82, 2.24) is 24.5 Å². The van der Waals surface area contributed by atoms with Crippen molar-refractivity contribution in [1.29, 1.82) is 0 Å². The minimum absolute atomic E-state index is 0.0164. The summed E-state index contributed by atoms with van der Waals surface area (Å²) in [6.45, 7) is 2.76. The summed E-state index contributed by atoms with van der Waals surface area (Å²) in [5.41, 5.74) is 2.52. The monoisotopic (exact) mass is 345 g/mol. The molecule has 1 aliphatic rings. The molecular weight excluding hydrogens is 329 g/mol. The van der Waals surface area contributed by atoms with E-state index in [1.165, 1.54) is 23.7 Å². The minimum atomic E-state index is -0.262. The molecule has 0 saturated carbocycles. The van der Waals surface area contributed by atoms with E-state index in [9.17, 15) is 4.39 Å². The zero-order valence-corrected chi connectivity index (χ0v) is 13.7. The third-order valence-corrected chi connectivity index (χ3v) is 4.61. The molecule has 1 fully saturated rings. The van der Waals surface area contributed by atoms with Crippen molar-refractivity contribution in [2.45, 2.75) is 12.6 Å². The SMILES string of the molecule is Fc1cccc(-c2cnc([C@@H]3COCCN3Cc3csnn3)[nH]2)c1. The average molecular weight is 345 g/mol. The molecule has 0 spiro atoms. The molecular formula is C16H16FN5OS. The fourth-order valence-corrected chi connectivity index (χ4v) is 3.29. The molecule has 1 aliphatic heterocycles. The number of nitrogens with zero attached hydrogens (tertiary/aromatic N) is 4. The summed E-state index contributed by atoms with van der Waals surface area (Å²) >= 11 is 1.35. The van der Waals surface area contributed by atoms with Crippen molar-refractivity contribution < 1.29 is 9.13 Å². The number of hydrogen-bond acceptors (Lipinski definition) is 6. The van der Waals surface area contributed by atoms with Gasteiger partial charge in [0, 0.05) is 24.0 Å². The number of ether oxygens (including phenoxy) is 1. The molecule has 0 amide bonds. The predicted octanol–water partition coefficient (Wildman–Crippen LogP) is 2.64. The molecule has 4 rings (SSSR count). The Balaban J connectivity index is 1.57. The van der Waals surface area contributed by atoms with Crippen molar-refractivity contribution in [2.75, 3.05) is 19.8 Å². The third kappa shape index (κ3) is 3.21. The Morgan fingerprint density at radius 3 is 3.21 bits per heavy atom. The Labute approximate surface area is 142 Å². The van der Waals surface area contributed by atoms with Gasteiger partial charge in [-0.2, -0.15) is 0 Å². The minimum Gasteiger partial charge on any atom is -0.378 e. The first-order chi connectivity index (χ1) is 11.8. The molecule has 0 aliphatic carbocycles. The summed E-state index contributed by atoms with van der Waals surface area (Å²) < 4.78 is 23.0. The number of hydrogen-bond donors (Lipinski definition) is 1. The second-order valence-corrected chi connectivity index (χ2v) is 6.26. The van der Waals surface area contributed by atoms with Crippen LogP contribution in [0.5, 0.6) is 0 Å². The molecule has 3 aromatic rings. The van der Waals surface area contributed by atoms with E-state index in [0.29, 0.717) is 19.8 Å². The van der Waals surface area contributed by atoms with Crippen LogP contribution in [0, 0.1) is 5.82 Å². The fourth-order valence-electron chi connectivity index (χ4n) is 2.85. The van der Waals surface area contributed by atoms with E-state index in [2.05, 4.69) is 24.5 Å². The lowest BCUT2D eigenvalue weighted by Crippen LogP contribution is -2.39. The Kier molecular flexibility index (Phi) is 4.33. The van der Waals surface area contributed by atoms with Gasteiger partial charge in [-0.05, 0) is 23.7 Å². The summed E-state index contributed by atoms with van der Waals surface area (Å²) in [6, 6.07) is 6.49. The van der Waals surface area contributed by atoms with Gasteiger partial charge in [0.15, 0.2) is 0 Å². The van der Waals surface area contributed by atoms with Crippen LogP contribution in [0.4, 0.5) is 4.39 Å². The molecule has 8 heteroatoms. The maximum Gasteiger partial charge on any atom is 0.126 e. The molecule has 1 aromatic carbocycles. The van der Waals surface area contributed by atoms with Gasteiger partial charge >= 0.3 is 0 Å². The van der Waals surface area contributed by atoms with Gasteiger partial charge in [0.2, 0.25) is 0 Å². The first-order valence-electron chi connectivity index (χ1n) is 7.68.